The standard InChI is InChI=1S/C30H37N7O2/c1-3-28(38)37-16-15-35(17-22(37)12-13-31)29-25-18-36(27-11-5-8-21-7-4-10-24(21)27)19-26(25)32-30(33-29)39-20-23-9-6-14-34(23)2/h3,5,8,11,22-23H,1,4,6-7,9-10,12,14-20H2,2H3/t22-,23-/m0/s1. The Balaban J connectivity index is 1.31. The van der Waals surface area contributed by atoms with Crippen molar-refractivity contribution in [1.29, 1.82) is 5.26 Å². The van der Waals surface area contributed by atoms with Crippen molar-refractivity contribution in [3.05, 3.63) is 53.2 Å². The summed E-state index contributed by atoms with van der Waals surface area (Å²) < 4.78 is 6.24. The molecule has 1 amide bonds. The first-order valence-electron chi connectivity index (χ1n) is 14.2. The number of amides is 1. The van der Waals surface area contributed by atoms with Crippen LogP contribution < -0.4 is 14.5 Å². The Labute approximate surface area is 230 Å². The highest BCUT2D eigenvalue weighted by Crippen LogP contribution is 2.39. The average Bonchev–Trinajstić information content (AvgIpc) is 3.70. The van der Waals surface area contributed by atoms with Crippen LogP contribution in [0.15, 0.2) is 30.9 Å². The van der Waals surface area contributed by atoms with Gasteiger partial charge in [0.25, 0.3) is 0 Å². The molecule has 4 heterocycles. The van der Waals surface area contributed by atoms with E-state index in [0.717, 1.165) is 56.0 Å². The Bertz CT molecular complexity index is 1300. The van der Waals surface area contributed by atoms with E-state index in [9.17, 15) is 10.1 Å². The summed E-state index contributed by atoms with van der Waals surface area (Å²) >= 11 is 0. The molecule has 0 spiro atoms. The van der Waals surface area contributed by atoms with Gasteiger partial charge in [-0.15, -0.1) is 0 Å². The molecule has 6 rings (SSSR count). The van der Waals surface area contributed by atoms with Crippen molar-refractivity contribution in [2.24, 2.45) is 0 Å². The molecule has 0 bridgehead atoms. The Morgan fingerprint density at radius 2 is 2.03 bits per heavy atom. The highest BCUT2D eigenvalue weighted by Gasteiger charge is 2.35. The average molecular weight is 528 g/mol. The fourth-order valence-corrected chi connectivity index (χ4v) is 6.70. The van der Waals surface area contributed by atoms with Crippen molar-refractivity contribution in [2.45, 2.75) is 63.7 Å². The van der Waals surface area contributed by atoms with Crippen LogP contribution in [0.5, 0.6) is 6.01 Å². The molecule has 2 fully saturated rings. The Morgan fingerprint density at radius 1 is 1.13 bits per heavy atom. The van der Waals surface area contributed by atoms with Crippen LogP contribution in [-0.2, 0) is 30.7 Å². The molecule has 4 aliphatic rings. The van der Waals surface area contributed by atoms with Crippen molar-refractivity contribution in [2.75, 3.05) is 49.6 Å². The number of aryl methyl sites for hydroxylation is 1. The SMILES string of the molecule is C=CC(=O)N1CCN(c2nc(OC[C@@H]3CCCN3C)nc3c2CN(c2cccc4c2CCC4)C3)C[C@@H]1CC#N. The third kappa shape index (κ3) is 4.94. The number of ether oxygens (including phenoxy) is 1. The van der Waals surface area contributed by atoms with E-state index in [1.54, 1.807) is 4.90 Å². The number of benzene rings is 1. The number of hydrogen-bond acceptors (Lipinski definition) is 8. The van der Waals surface area contributed by atoms with Gasteiger partial charge in [0.05, 0.1) is 30.8 Å². The van der Waals surface area contributed by atoms with E-state index in [1.165, 1.54) is 35.7 Å². The summed E-state index contributed by atoms with van der Waals surface area (Å²) in [4.78, 5) is 31.2. The molecular formula is C30H37N7O2. The van der Waals surface area contributed by atoms with E-state index in [1.807, 2.05) is 0 Å². The van der Waals surface area contributed by atoms with Gasteiger partial charge in [-0.05, 0) is 69.0 Å². The Kier molecular flexibility index (Phi) is 7.13. The minimum absolute atomic E-state index is 0.128. The van der Waals surface area contributed by atoms with Gasteiger partial charge >= 0.3 is 6.01 Å². The maximum atomic E-state index is 12.5. The summed E-state index contributed by atoms with van der Waals surface area (Å²) in [5.41, 5.74) is 6.35. The van der Waals surface area contributed by atoms with Crippen LogP contribution in [0.25, 0.3) is 0 Å². The van der Waals surface area contributed by atoms with Crippen LogP contribution in [0.3, 0.4) is 0 Å². The topological polar surface area (TPSA) is 88.8 Å². The summed E-state index contributed by atoms with van der Waals surface area (Å²) in [7, 11) is 2.14. The molecule has 204 valence electrons. The zero-order valence-corrected chi connectivity index (χ0v) is 22.8. The third-order valence-corrected chi connectivity index (χ3v) is 8.85. The number of aromatic nitrogens is 2. The molecule has 1 aliphatic carbocycles. The smallest absolute Gasteiger partial charge is 0.318 e. The number of rotatable bonds is 7. The molecule has 9 nitrogen and oxygen atoms in total. The van der Waals surface area contributed by atoms with Gasteiger partial charge in [0.2, 0.25) is 5.91 Å². The van der Waals surface area contributed by atoms with Gasteiger partial charge in [-0.25, -0.2) is 0 Å². The monoisotopic (exact) mass is 527 g/mol. The first-order valence-corrected chi connectivity index (χ1v) is 14.2. The van der Waals surface area contributed by atoms with Gasteiger partial charge in [0.15, 0.2) is 0 Å². The number of carbonyl (C=O) groups is 1. The fraction of sp³-hybridized carbons (Fsp3) is 0.533. The molecule has 2 aromatic rings. The molecule has 3 aliphatic heterocycles. The number of piperazine rings is 1. The second-order valence-corrected chi connectivity index (χ2v) is 11.2. The minimum Gasteiger partial charge on any atom is -0.462 e. The van der Waals surface area contributed by atoms with Crippen molar-refractivity contribution < 1.29 is 9.53 Å². The van der Waals surface area contributed by atoms with E-state index >= 15 is 0 Å². The number of carbonyl (C=O) groups excluding carboxylic acids is 1. The predicted octanol–water partition coefficient (Wildman–Crippen LogP) is 3.08. The van der Waals surface area contributed by atoms with Gasteiger partial charge in [-0.2, -0.15) is 15.2 Å². The highest BCUT2D eigenvalue weighted by molar-refractivity contribution is 5.87. The molecule has 0 N–H and O–H groups in total. The first-order chi connectivity index (χ1) is 19.1. The van der Waals surface area contributed by atoms with Crippen molar-refractivity contribution in [3.8, 4) is 12.1 Å². The van der Waals surface area contributed by atoms with Crippen molar-refractivity contribution in [3.63, 3.8) is 0 Å². The van der Waals surface area contributed by atoms with Crippen LogP contribution in [-0.4, -0.2) is 77.6 Å². The van der Waals surface area contributed by atoms with Gasteiger partial charge < -0.3 is 24.3 Å². The summed E-state index contributed by atoms with van der Waals surface area (Å²) in [6, 6.07) is 9.51. The van der Waals surface area contributed by atoms with E-state index < -0.39 is 0 Å². The van der Waals surface area contributed by atoms with E-state index in [4.69, 9.17) is 14.7 Å². The molecule has 2 atom stereocenters. The Morgan fingerprint density at radius 3 is 2.82 bits per heavy atom. The minimum atomic E-state index is -0.216. The van der Waals surface area contributed by atoms with E-state index in [2.05, 4.69) is 52.6 Å². The molecule has 9 heteroatoms. The zero-order valence-electron chi connectivity index (χ0n) is 22.8. The number of nitrogens with zero attached hydrogens (tertiary/aromatic N) is 7. The van der Waals surface area contributed by atoms with E-state index in [-0.39, 0.29) is 18.4 Å². The lowest BCUT2D eigenvalue weighted by molar-refractivity contribution is -0.128. The lowest BCUT2D eigenvalue weighted by atomic mass is 10.1. The molecular weight excluding hydrogens is 490 g/mol. The van der Waals surface area contributed by atoms with Crippen LogP contribution >= 0.6 is 0 Å². The quantitative estimate of drug-likeness (QED) is 0.508. The molecule has 0 saturated carbocycles. The number of fused-ring (bicyclic) bond motifs is 2. The van der Waals surface area contributed by atoms with Crippen LogP contribution in [0.1, 0.15) is 48.1 Å². The second-order valence-electron chi connectivity index (χ2n) is 11.2. The fourth-order valence-electron chi connectivity index (χ4n) is 6.70. The number of hydrogen-bond donors (Lipinski definition) is 0. The molecule has 0 radical (unpaired) electrons. The zero-order chi connectivity index (χ0) is 26.9. The lowest BCUT2D eigenvalue weighted by Crippen LogP contribution is -2.55. The number of likely N-dealkylation sites (tertiary alicyclic amines) is 1. The van der Waals surface area contributed by atoms with Crippen LogP contribution in [0.2, 0.25) is 0 Å². The molecule has 1 aromatic heterocycles. The summed E-state index contributed by atoms with van der Waals surface area (Å²) in [5, 5.41) is 9.49. The maximum absolute atomic E-state index is 12.5. The van der Waals surface area contributed by atoms with Crippen molar-refractivity contribution >= 4 is 17.4 Å². The van der Waals surface area contributed by atoms with Crippen LogP contribution in [0.4, 0.5) is 11.5 Å². The summed E-state index contributed by atoms with van der Waals surface area (Å²) in [6.45, 7) is 8.48. The highest BCUT2D eigenvalue weighted by atomic mass is 16.5. The normalized spacial score (nSPS) is 22.5. The second kappa shape index (κ2) is 10.9. The van der Waals surface area contributed by atoms with Gasteiger partial charge in [0, 0.05) is 43.5 Å². The first kappa shape index (κ1) is 25.6. The van der Waals surface area contributed by atoms with Crippen molar-refractivity contribution in [1.82, 2.24) is 19.8 Å². The van der Waals surface area contributed by atoms with Gasteiger partial charge in [-0.1, -0.05) is 18.7 Å². The third-order valence-electron chi connectivity index (χ3n) is 8.85. The predicted molar refractivity (Wildman–Crippen MR) is 150 cm³/mol. The van der Waals surface area contributed by atoms with Gasteiger partial charge in [-0.3, -0.25) is 4.79 Å². The molecule has 39 heavy (non-hydrogen) atoms. The maximum Gasteiger partial charge on any atom is 0.318 e. The summed E-state index contributed by atoms with van der Waals surface area (Å²) in [5.74, 6) is 0.745. The largest absolute Gasteiger partial charge is 0.462 e. The molecule has 2 saturated heterocycles. The summed E-state index contributed by atoms with van der Waals surface area (Å²) in [6.07, 6.45) is 7.39. The van der Waals surface area contributed by atoms with Crippen LogP contribution in [0, 0.1) is 11.3 Å². The Hall–Kier alpha value is -3.64. The number of nitriles is 1. The lowest BCUT2D eigenvalue weighted by Gasteiger charge is -2.41. The molecule has 1 aromatic carbocycles. The number of likely N-dealkylation sites (N-methyl/N-ethyl adjacent to an activating group) is 1. The van der Waals surface area contributed by atoms with Gasteiger partial charge in [0.1, 0.15) is 12.4 Å². The number of anilines is 2. The van der Waals surface area contributed by atoms with E-state index in [0.29, 0.717) is 38.3 Å². The molecule has 0 unspecified atom stereocenters.